The van der Waals surface area contributed by atoms with Gasteiger partial charge in [-0.1, -0.05) is 30.3 Å². The summed E-state index contributed by atoms with van der Waals surface area (Å²) < 4.78 is 0. The first-order chi connectivity index (χ1) is 9.15. The van der Waals surface area contributed by atoms with Gasteiger partial charge in [0, 0.05) is 25.6 Å². The van der Waals surface area contributed by atoms with Crippen molar-refractivity contribution in [3.05, 3.63) is 35.9 Å². The third-order valence-electron chi connectivity index (χ3n) is 3.28. The maximum absolute atomic E-state index is 11.7. The first-order valence-corrected chi connectivity index (χ1v) is 6.43. The van der Waals surface area contributed by atoms with Gasteiger partial charge in [0.2, 0.25) is 0 Å². The third-order valence-corrected chi connectivity index (χ3v) is 3.28. The van der Waals surface area contributed by atoms with E-state index < -0.39 is 5.97 Å². The Hall–Kier alpha value is -2.04. The first-order valence-electron chi connectivity index (χ1n) is 6.43. The molecule has 1 aromatic carbocycles. The normalized spacial score (nSPS) is 19.1. The molecular weight excluding hydrogens is 244 g/mol. The summed E-state index contributed by atoms with van der Waals surface area (Å²) in [5, 5.41) is 11.5. The Morgan fingerprint density at radius 1 is 1.37 bits per heavy atom. The van der Waals surface area contributed by atoms with Gasteiger partial charge in [-0.3, -0.25) is 4.79 Å². The number of carbonyl (C=O) groups is 2. The minimum atomic E-state index is -0.816. The Balaban J connectivity index is 1.87. The number of carboxylic acids is 1. The lowest BCUT2D eigenvalue weighted by Crippen LogP contribution is -2.52. The zero-order chi connectivity index (χ0) is 13.7. The van der Waals surface area contributed by atoms with Crippen molar-refractivity contribution in [1.82, 2.24) is 10.2 Å². The molecule has 1 aliphatic heterocycles. The zero-order valence-corrected chi connectivity index (χ0v) is 10.7. The average molecular weight is 262 g/mol. The van der Waals surface area contributed by atoms with Crippen LogP contribution in [0.2, 0.25) is 0 Å². The SMILES string of the molecule is O=C(O)CC1CNC(=O)N(CCc2ccccc2)C1. The Labute approximate surface area is 112 Å². The lowest BCUT2D eigenvalue weighted by Gasteiger charge is -2.32. The second kappa shape index (κ2) is 6.22. The molecule has 0 aromatic heterocycles. The van der Waals surface area contributed by atoms with Crippen LogP contribution in [-0.4, -0.2) is 41.6 Å². The molecule has 102 valence electrons. The van der Waals surface area contributed by atoms with Crippen LogP contribution in [0.25, 0.3) is 0 Å². The van der Waals surface area contributed by atoms with Gasteiger partial charge in [0.1, 0.15) is 0 Å². The number of carbonyl (C=O) groups excluding carboxylic acids is 1. The number of rotatable bonds is 5. The number of nitrogens with zero attached hydrogens (tertiary/aromatic N) is 1. The van der Waals surface area contributed by atoms with E-state index in [0.29, 0.717) is 19.6 Å². The summed E-state index contributed by atoms with van der Waals surface area (Å²) >= 11 is 0. The molecule has 0 bridgehead atoms. The van der Waals surface area contributed by atoms with Gasteiger partial charge < -0.3 is 15.3 Å². The molecule has 5 nitrogen and oxygen atoms in total. The van der Waals surface area contributed by atoms with Crippen molar-refractivity contribution in [2.45, 2.75) is 12.8 Å². The lowest BCUT2D eigenvalue weighted by atomic mass is 10.0. The maximum atomic E-state index is 11.7. The predicted molar refractivity (Wildman–Crippen MR) is 70.9 cm³/mol. The van der Waals surface area contributed by atoms with E-state index in [-0.39, 0.29) is 18.4 Å². The molecule has 1 heterocycles. The lowest BCUT2D eigenvalue weighted by molar-refractivity contribution is -0.138. The molecule has 1 unspecified atom stereocenters. The van der Waals surface area contributed by atoms with Crippen LogP contribution in [-0.2, 0) is 11.2 Å². The Morgan fingerprint density at radius 2 is 2.11 bits per heavy atom. The fourth-order valence-electron chi connectivity index (χ4n) is 2.29. The van der Waals surface area contributed by atoms with Crippen molar-refractivity contribution in [2.24, 2.45) is 5.92 Å². The van der Waals surface area contributed by atoms with E-state index in [2.05, 4.69) is 5.32 Å². The largest absolute Gasteiger partial charge is 0.481 e. The Bertz CT molecular complexity index is 447. The average Bonchev–Trinajstić information content (AvgIpc) is 2.40. The van der Waals surface area contributed by atoms with Gasteiger partial charge in [0.05, 0.1) is 6.42 Å². The van der Waals surface area contributed by atoms with Gasteiger partial charge in [-0.25, -0.2) is 4.79 Å². The minimum absolute atomic E-state index is 0.00836. The fraction of sp³-hybridized carbons (Fsp3) is 0.429. The van der Waals surface area contributed by atoms with Gasteiger partial charge in [0.15, 0.2) is 0 Å². The van der Waals surface area contributed by atoms with Crippen LogP contribution in [0, 0.1) is 5.92 Å². The molecular formula is C14H18N2O3. The van der Waals surface area contributed by atoms with Gasteiger partial charge in [0.25, 0.3) is 0 Å². The van der Waals surface area contributed by atoms with Crippen LogP contribution in [0.15, 0.2) is 30.3 Å². The number of urea groups is 1. The molecule has 0 spiro atoms. The second-order valence-electron chi connectivity index (χ2n) is 4.83. The molecule has 1 fully saturated rings. The highest BCUT2D eigenvalue weighted by Crippen LogP contribution is 2.12. The summed E-state index contributed by atoms with van der Waals surface area (Å²) in [5.74, 6) is -0.824. The van der Waals surface area contributed by atoms with Crippen LogP contribution >= 0.6 is 0 Å². The van der Waals surface area contributed by atoms with E-state index in [0.717, 1.165) is 6.42 Å². The third kappa shape index (κ3) is 3.98. The van der Waals surface area contributed by atoms with E-state index in [1.807, 2.05) is 30.3 Å². The highest BCUT2D eigenvalue weighted by Gasteiger charge is 2.26. The summed E-state index contributed by atoms with van der Waals surface area (Å²) in [4.78, 5) is 24.1. The summed E-state index contributed by atoms with van der Waals surface area (Å²) in [6.45, 7) is 1.59. The van der Waals surface area contributed by atoms with E-state index in [1.54, 1.807) is 4.90 Å². The smallest absolute Gasteiger partial charge is 0.317 e. The molecule has 1 atom stereocenters. The van der Waals surface area contributed by atoms with Gasteiger partial charge >= 0.3 is 12.0 Å². The van der Waals surface area contributed by atoms with Crippen LogP contribution in [0.4, 0.5) is 4.79 Å². The fourth-order valence-corrected chi connectivity index (χ4v) is 2.29. The van der Waals surface area contributed by atoms with Crippen LogP contribution in [0.1, 0.15) is 12.0 Å². The van der Waals surface area contributed by atoms with Crippen molar-refractivity contribution < 1.29 is 14.7 Å². The molecule has 0 radical (unpaired) electrons. The number of hydrogen-bond donors (Lipinski definition) is 2. The monoisotopic (exact) mass is 262 g/mol. The number of nitrogens with one attached hydrogen (secondary N) is 1. The second-order valence-corrected chi connectivity index (χ2v) is 4.83. The molecule has 0 aliphatic carbocycles. The summed E-state index contributed by atoms with van der Waals surface area (Å²) in [6.07, 6.45) is 0.885. The van der Waals surface area contributed by atoms with E-state index in [9.17, 15) is 9.59 Å². The van der Waals surface area contributed by atoms with Gasteiger partial charge in [-0.05, 0) is 12.0 Å². The van der Waals surface area contributed by atoms with Crippen molar-refractivity contribution in [2.75, 3.05) is 19.6 Å². The molecule has 2 amide bonds. The van der Waals surface area contributed by atoms with Crippen molar-refractivity contribution in [1.29, 1.82) is 0 Å². The first kappa shape index (κ1) is 13.4. The van der Waals surface area contributed by atoms with Crippen LogP contribution in [0.3, 0.4) is 0 Å². The molecule has 19 heavy (non-hydrogen) atoms. The number of amides is 2. The number of hydrogen-bond acceptors (Lipinski definition) is 2. The van der Waals surface area contributed by atoms with Gasteiger partial charge in [-0.15, -0.1) is 0 Å². The quantitative estimate of drug-likeness (QED) is 0.841. The highest BCUT2D eigenvalue weighted by molar-refractivity contribution is 5.75. The molecule has 0 saturated carbocycles. The number of benzene rings is 1. The van der Waals surface area contributed by atoms with Crippen LogP contribution < -0.4 is 5.32 Å². The minimum Gasteiger partial charge on any atom is -0.481 e. The molecule has 2 N–H and O–H groups in total. The van der Waals surface area contributed by atoms with Crippen molar-refractivity contribution in [3.8, 4) is 0 Å². The molecule has 1 aromatic rings. The Kier molecular flexibility index (Phi) is 4.39. The molecule has 1 aliphatic rings. The predicted octanol–water partition coefficient (Wildman–Crippen LogP) is 1.35. The van der Waals surface area contributed by atoms with Crippen LogP contribution in [0.5, 0.6) is 0 Å². The highest BCUT2D eigenvalue weighted by atomic mass is 16.4. The van der Waals surface area contributed by atoms with E-state index in [1.165, 1.54) is 5.56 Å². The van der Waals surface area contributed by atoms with Crippen molar-refractivity contribution in [3.63, 3.8) is 0 Å². The molecule has 5 heteroatoms. The summed E-state index contributed by atoms with van der Waals surface area (Å²) in [5.41, 5.74) is 1.18. The van der Waals surface area contributed by atoms with Gasteiger partial charge in [-0.2, -0.15) is 0 Å². The Morgan fingerprint density at radius 3 is 2.79 bits per heavy atom. The molecule has 2 rings (SSSR count). The molecule has 1 saturated heterocycles. The standard InChI is InChI=1S/C14H18N2O3/c17-13(18)8-12-9-15-14(19)16(10-12)7-6-11-4-2-1-3-5-11/h1-5,12H,6-10H2,(H,15,19)(H,17,18). The number of aliphatic carboxylic acids is 1. The number of carboxylic acid groups (broad SMARTS) is 1. The van der Waals surface area contributed by atoms with Crippen molar-refractivity contribution >= 4 is 12.0 Å². The van der Waals surface area contributed by atoms with E-state index in [4.69, 9.17) is 5.11 Å². The summed E-state index contributed by atoms with van der Waals surface area (Å²) in [7, 11) is 0. The topological polar surface area (TPSA) is 69.6 Å². The maximum Gasteiger partial charge on any atom is 0.317 e. The zero-order valence-electron chi connectivity index (χ0n) is 10.7. The van der Waals surface area contributed by atoms with E-state index >= 15 is 0 Å². The summed E-state index contributed by atoms with van der Waals surface area (Å²) in [6, 6.07) is 9.85.